The van der Waals surface area contributed by atoms with Crippen LogP contribution in [0.4, 0.5) is 4.79 Å². The fraction of sp³-hybridized carbons (Fsp3) is 0.438. The lowest BCUT2D eigenvalue weighted by Crippen LogP contribution is -2.44. The van der Waals surface area contributed by atoms with Crippen LogP contribution in [0.3, 0.4) is 0 Å². The maximum atomic E-state index is 12.2. The number of amides is 4. The molecular formula is C16H21N3O3. The van der Waals surface area contributed by atoms with Gasteiger partial charge in [0.25, 0.3) is 5.91 Å². The van der Waals surface area contributed by atoms with Crippen LogP contribution in [-0.4, -0.2) is 34.8 Å². The average Bonchev–Trinajstić information content (AvgIpc) is 2.72. The summed E-state index contributed by atoms with van der Waals surface area (Å²) >= 11 is 0. The van der Waals surface area contributed by atoms with E-state index >= 15 is 0 Å². The van der Waals surface area contributed by atoms with Crippen molar-refractivity contribution in [2.75, 3.05) is 6.54 Å². The maximum absolute atomic E-state index is 12.2. The number of nitrogens with zero attached hydrogens (tertiary/aromatic N) is 1. The van der Waals surface area contributed by atoms with Crippen molar-refractivity contribution < 1.29 is 14.4 Å². The van der Waals surface area contributed by atoms with Gasteiger partial charge in [-0.2, -0.15) is 0 Å². The number of hydrogen-bond acceptors (Lipinski definition) is 3. The van der Waals surface area contributed by atoms with E-state index in [0.29, 0.717) is 6.42 Å². The molecule has 1 aromatic rings. The van der Waals surface area contributed by atoms with Gasteiger partial charge in [0.2, 0.25) is 5.91 Å². The minimum absolute atomic E-state index is 0.188. The SMILES string of the molecule is CC[C@]1(C)NC(=O)N(CC(=O)N[C@H](C)c2ccccc2)C1=O. The van der Waals surface area contributed by atoms with Crippen molar-refractivity contribution in [2.45, 2.75) is 38.8 Å². The third-order valence-electron chi connectivity index (χ3n) is 4.03. The molecule has 2 rings (SSSR count). The molecule has 1 aliphatic rings. The Morgan fingerprint density at radius 1 is 1.32 bits per heavy atom. The Morgan fingerprint density at radius 3 is 2.50 bits per heavy atom. The molecule has 22 heavy (non-hydrogen) atoms. The van der Waals surface area contributed by atoms with E-state index in [2.05, 4.69) is 10.6 Å². The molecule has 0 bridgehead atoms. The van der Waals surface area contributed by atoms with E-state index in [0.717, 1.165) is 10.5 Å². The first-order chi connectivity index (χ1) is 10.4. The summed E-state index contributed by atoms with van der Waals surface area (Å²) in [6.45, 7) is 5.07. The first kappa shape index (κ1) is 16.0. The Bertz CT molecular complexity index is 588. The van der Waals surface area contributed by atoms with Crippen LogP contribution in [0.5, 0.6) is 0 Å². The quantitative estimate of drug-likeness (QED) is 0.811. The number of carbonyl (C=O) groups excluding carboxylic acids is 3. The van der Waals surface area contributed by atoms with Crippen LogP contribution in [0.2, 0.25) is 0 Å². The zero-order chi connectivity index (χ0) is 16.3. The number of rotatable bonds is 5. The molecule has 0 aliphatic carbocycles. The highest BCUT2D eigenvalue weighted by molar-refractivity contribution is 6.08. The predicted octanol–water partition coefficient (Wildman–Crippen LogP) is 1.58. The Kier molecular flexibility index (Phi) is 4.49. The molecule has 118 valence electrons. The van der Waals surface area contributed by atoms with E-state index in [4.69, 9.17) is 0 Å². The van der Waals surface area contributed by atoms with E-state index in [1.165, 1.54) is 0 Å². The van der Waals surface area contributed by atoms with Crippen molar-refractivity contribution in [1.82, 2.24) is 15.5 Å². The Labute approximate surface area is 129 Å². The topological polar surface area (TPSA) is 78.5 Å². The van der Waals surface area contributed by atoms with E-state index in [9.17, 15) is 14.4 Å². The summed E-state index contributed by atoms with van der Waals surface area (Å²) in [6.07, 6.45) is 0.482. The molecular weight excluding hydrogens is 282 g/mol. The van der Waals surface area contributed by atoms with Gasteiger partial charge in [-0.1, -0.05) is 37.3 Å². The van der Waals surface area contributed by atoms with Crippen LogP contribution < -0.4 is 10.6 Å². The van der Waals surface area contributed by atoms with Crippen LogP contribution in [0.15, 0.2) is 30.3 Å². The molecule has 1 aliphatic heterocycles. The van der Waals surface area contributed by atoms with Crippen molar-refractivity contribution in [2.24, 2.45) is 0 Å². The lowest BCUT2D eigenvalue weighted by molar-refractivity contribution is -0.134. The molecule has 1 aromatic carbocycles. The maximum Gasteiger partial charge on any atom is 0.325 e. The van der Waals surface area contributed by atoms with Crippen LogP contribution in [0.25, 0.3) is 0 Å². The zero-order valence-electron chi connectivity index (χ0n) is 13.1. The highest BCUT2D eigenvalue weighted by Crippen LogP contribution is 2.20. The monoisotopic (exact) mass is 303 g/mol. The van der Waals surface area contributed by atoms with Gasteiger partial charge in [0.1, 0.15) is 12.1 Å². The highest BCUT2D eigenvalue weighted by Gasteiger charge is 2.46. The normalized spacial score (nSPS) is 22.4. The van der Waals surface area contributed by atoms with Crippen LogP contribution in [-0.2, 0) is 9.59 Å². The van der Waals surface area contributed by atoms with Crippen molar-refractivity contribution in [1.29, 1.82) is 0 Å². The number of benzene rings is 1. The molecule has 2 N–H and O–H groups in total. The third-order valence-corrected chi connectivity index (χ3v) is 4.03. The lowest BCUT2D eigenvalue weighted by atomic mass is 9.99. The summed E-state index contributed by atoms with van der Waals surface area (Å²) in [5, 5.41) is 5.42. The van der Waals surface area contributed by atoms with E-state index in [-0.39, 0.29) is 24.4 Å². The highest BCUT2D eigenvalue weighted by atomic mass is 16.2. The second-order valence-corrected chi connectivity index (χ2v) is 5.71. The fourth-order valence-corrected chi connectivity index (χ4v) is 2.39. The number of carbonyl (C=O) groups is 3. The molecule has 1 saturated heterocycles. The summed E-state index contributed by atoms with van der Waals surface area (Å²) in [5.74, 6) is -0.720. The molecule has 0 aromatic heterocycles. The van der Waals surface area contributed by atoms with Crippen LogP contribution >= 0.6 is 0 Å². The first-order valence-corrected chi connectivity index (χ1v) is 7.36. The summed E-state index contributed by atoms with van der Waals surface area (Å²) in [6, 6.07) is 8.80. The summed E-state index contributed by atoms with van der Waals surface area (Å²) < 4.78 is 0. The molecule has 1 heterocycles. The molecule has 0 unspecified atom stereocenters. The average molecular weight is 303 g/mol. The smallest absolute Gasteiger partial charge is 0.325 e. The second kappa shape index (κ2) is 6.17. The third kappa shape index (κ3) is 3.10. The van der Waals surface area contributed by atoms with Crippen molar-refractivity contribution in [3.05, 3.63) is 35.9 Å². The standard InChI is InChI=1S/C16H21N3O3/c1-4-16(3)14(21)19(15(22)18-16)10-13(20)17-11(2)12-8-6-5-7-9-12/h5-9,11H,4,10H2,1-3H3,(H,17,20)(H,18,22)/t11-,16+/m1/s1. The molecule has 0 spiro atoms. The minimum Gasteiger partial charge on any atom is -0.348 e. The molecule has 6 nitrogen and oxygen atoms in total. The Hall–Kier alpha value is -2.37. The Morgan fingerprint density at radius 2 is 1.95 bits per heavy atom. The number of hydrogen-bond donors (Lipinski definition) is 2. The molecule has 4 amide bonds. The summed E-state index contributed by atoms with van der Waals surface area (Å²) in [5.41, 5.74) is 0.0500. The van der Waals surface area contributed by atoms with E-state index in [1.54, 1.807) is 6.92 Å². The lowest BCUT2D eigenvalue weighted by Gasteiger charge is -2.20. The molecule has 0 radical (unpaired) electrons. The molecule has 2 atom stereocenters. The van der Waals surface area contributed by atoms with Crippen LogP contribution in [0.1, 0.15) is 38.8 Å². The van der Waals surface area contributed by atoms with Crippen LogP contribution in [0, 0.1) is 0 Å². The van der Waals surface area contributed by atoms with E-state index in [1.807, 2.05) is 44.2 Å². The van der Waals surface area contributed by atoms with Gasteiger partial charge in [-0.15, -0.1) is 0 Å². The fourth-order valence-electron chi connectivity index (χ4n) is 2.39. The van der Waals surface area contributed by atoms with Gasteiger partial charge in [0.05, 0.1) is 6.04 Å². The molecule has 0 saturated carbocycles. The van der Waals surface area contributed by atoms with Gasteiger partial charge in [0, 0.05) is 0 Å². The summed E-state index contributed by atoms with van der Waals surface area (Å²) in [7, 11) is 0. The molecule has 1 fully saturated rings. The van der Waals surface area contributed by atoms with Gasteiger partial charge in [0.15, 0.2) is 0 Å². The van der Waals surface area contributed by atoms with Gasteiger partial charge in [-0.25, -0.2) is 4.79 Å². The number of urea groups is 1. The minimum atomic E-state index is -0.914. The van der Waals surface area contributed by atoms with Crippen molar-refractivity contribution in [3.63, 3.8) is 0 Å². The number of imide groups is 1. The summed E-state index contributed by atoms with van der Waals surface area (Å²) in [4.78, 5) is 37.1. The molecule has 6 heteroatoms. The van der Waals surface area contributed by atoms with Gasteiger partial charge >= 0.3 is 6.03 Å². The van der Waals surface area contributed by atoms with Gasteiger partial charge in [-0.3, -0.25) is 14.5 Å². The van der Waals surface area contributed by atoms with Crippen molar-refractivity contribution in [3.8, 4) is 0 Å². The zero-order valence-corrected chi connectivity index (χ0v) is 13.1. The Balaban J connectivity index is 1.98. The number of nitrogens with one attached hydrogen (secondary N) is 2. The second-order valence-electron chi connectivity index (χ2n) is 5.71. The van der Waals surface area contributed by atoms with E-state index < -0.39 is 11.6 Å². The first-order valence-electron chi connectivity index (χ1n) is 7.36. The van der Waals surface area contributed by atoms with Crippen molar-refractivity contribution >= 4 is 17.8 Å². The van der Waals surface area contributed by atoms with Gasteiger partial charge < -0.3 is 10.6 Å². The predicted molar refractivity (Wildman–Crippen MR) is 81.9 cm³/mol. The largest absolute Gasteiger partial charge is 0.348 e. The van der Waals surface area contributed by atoms with Gasteiger partial charge in [-0.05, 0) is 25.8 Å².